The summed E-state index contributed by atoms with van der Waals surface area (Å²) in [6.45, 7) is 4.49. The van der Waals surface area contributed by atoms with E-state index in [-0.39, 0.29) is 18.9 Å². The molecule has 29 heavy (non-hydrogen) atoms. The standard InChI is InChI=1S/C24H27NO4/c1-15(2)16-11-24(12-16,13-22(26)27)25-23(28)29-14-21-19-9-5-3-7-17(19)18-8-4-6-10-20(18)21/h3-10,15-16,21H,11-14H2,1-2H3,(H,25,28)(H,26,27). The first-order valence-electron chi connectivity index (χ1n) is 10.2. The molecule has 0 saturated heterocycles. The summed E-state index contributed by atoms with van der Waals surface area (Å²) < 4.78 is 5.61. The number of carbonyl (C=O) groups excluding carboxylic acids is 1. The van der Waals surface area contributed by atoms with Gasteiger partial charge in [-0.05, 0) is 46.9 Å². The molecule has 1 amide bonds. The van der Waals surface area contributed by atoms with Gasteiger partial charge in [0.25, 0.3) is 0 Å². The van der Waals surface area contributed by atoms with Crippen molar-refractivity contribution in [3.8, 4) is 11.1 Å². The van der Waals surface area contributed by atoms with E-state index in [0.29, 0.717) is 24.7 Å². The predicted molar refractivity (Wildman–Crippen MR) is 111 cm³/mol. The first-order chi connectivity index (χ1) is 13.9. The molecule has 2 aromatic rings. The van der Waals surface area contributed by atoms with Crippen molar-refractivity contribution < 1.29 is 19.4 Å². The van der Waals surface area contributed by atoms with Gasteiger partial charge in [0.1, 0.15) is 6.61 Å². The third-order valence-electron chi connectivity index (χ3n) is 6.45. The Balaban J connectivity index is 1.44. The largest absolute Gasteiger partial charge is 0.481 e. The lowest BCUT2D eigenvalue weighted by Gasteiger charge is -2.48. The number of ether oxygens (including phenoxy) is 1. The van der Waals surface area contributed by atoms with E-state index in [4.69, 9.17) is 4.74 Å². The summed E-state index contributed by atoms with van der Waals surface area (Å²) >= 11 is 0. The van der Waals surface area contributed by atoms with E-state index in [9.17, 15) is 14.7 Å². The molecule has 2 aliphatic carbocycles. The van der Waals surface area contributed by atoms with Crippen LogP contribution in [0.15, 0.2) is 48.5 Å². The number of carboxylic acid groups (broad SMARTS) is 1. The summed E-state index contributed by atoms with van der Waals surface area (Å²) in [6, 6.07) is 16.4. The van der Waals surface area contributed by atoms with Crippen LogP contribution in [0.3, 0.4) is 0 Å². The SMILES string of the molecule is CC(C)C1CC(CC(=O)O)(NC(=O)OCC2c3ccccc3-c3ccccc32)C1. The lowest BCUT2D eigenvalue weighted by Crippen LogP contribution is -2.59. The third kappa shape index (κ3) is 3.74. The highest BCUT2D eigenvalue weighted by Gasteiger charge is 2.48. The van der Waals surface area contributed by atoms with Crippen LogP contribution in [-0.2, 0) is 9.53 Å². The smallest absolute Gasteiger partial charge is 0.407 e. The quantitative estimate of drug-likeness (QED) is 0.739. The van der Waals surface area contributed by atoms with E-state index in [2.05, 4.69) is 43.4 Å². The van der Waals surface area contributed by atoms with Crippen molar-refractivity contribution in [2.75, 3.05) is 6.61 Å². The number of hydrogen-bond donors (Lipinski definition) is 2. The first kappa shape index (κ1) is 19.5. The Kier molecular flexibility index (Phi) is 5.07. The van der Waals surface area contributed by atoms with Crippen LogP contribution in [0.2, 0.25) is 0 Å². The van der Waals surface area contributed by atoms with Crippen molar-refractivity contribution in [3.63, 3.8) is 0 Å². The maximum atomic E-state index is 12.6. The fourth-order valence-corrected chi connectivity index (χ4v) is 4.85. The van der Waals surface area contributed by atoms with Gasteiger partial charge >= 0.3 is 12.1 Å². The van der Waals surface area contributed by atoms with Crippen LogP contribution in [0.25, 0.3) is 11.1 Å². The van der Waals surface area contributed by atoms with E-state index in [1.807, 2.05) is 24.3 Å². The van der Waals surface area contributed by atoms with E-state index in [0.717, 1.165) is 11.1 Å². The Bertz CT molecular complexity index is 884. The Morgan fingerprint density at radius 3 is 2.14 bits per heavy atom. The fourth-order valence-electron chi connectivity index (χ4n) is 4.85. The maximum Gasteiger partial charge on any atom is 0.407 e. The zero-order valence-corrected chi connectivity index (χ0v) is 16.9. The van der Waals surface area contributed by atoms with Crippen LogP contribution in [0.4, 0.5) is 4.79 Å². The number of carbonyl (C=O) groups is 2. The van der Waals surface area contributed by atoms with Gasteiger partial charge in [0.2, 0.25) is 0 Å². The highest BCUT2D eigenvalue weighted by Crippen LogP contribution is 2.46. The van der Waals surface area contributed by atoms with Gasteiger partial charge in [-0.15, -0.1) is 0 Å². The minimum Gasteiger partial charge on any atom is -0.481 e. The second kappa shape index (κ2) is 7.54. The first-order valence-corrected chi connectivity index (χ1v) is 10.2. The molecular weight excluding hydrogens is 366 g/mol. The average Bonchev–Trinajstić information content (AvgIpc) is 2.97. The molecule has 2 aromatic carbocycles. The van der Waals surface area contributed by atoms with Gasteiger partial charge in [-0.2, -0.15) is 0 Å². The van der Waals surface area contributed by atoms with Gasteiger partial charge in [-0.25, -0.2) is 4.79 Å². The van der Waals surface area contributed by atoms with Crippen molar-refractivity contribution in [1.29, 1.82) is 0 Å². The predicted octanol–water partition coefficient (Wildman–Crippen LogP) is 4.80. The number of nitrogens with one attached hydrogen (secondary N) is 1. The van der Waals surface area contributed by atoms with Crippen LogP contribution < -0.4 is 5.32 Å². The highest BCUT2D eigenvalue weighted by molar-refractivity contribution is 5.79. The zero-order chi connectivity index (χ0) is 20.6. The van der Waals surface area contributed by atoms with Gasteiger partial charge in [0.15, 0.2) is 0 Å². The normalized spacial score (nSPS) is 22.5. The van der Waals surface area contributed by atoms with Crippen molar-refractivity contribution in [2.24, 2.45) is 11.8 Å². The molecule has 0 atom stereocenters. The van der Waals surface area contributed by atoms with Crippen molar-refractivity contribution in [2.45, 2.75) is 44.6 Å². The molecule has 0 spiro atoms. The van der Waals surface area contributed by atoms with Crippen LogP contribution in [0.5, 0.6) is 0 Å². The van der Waals surface area contributed by atoms with Gasteiger partial charge in [0.05, 0.1) is 12.0 Å². The molecule has 152 valence electrons. The third-order valence-corrected chi connectivity index (χ3v) is 6.45. The summed E-state index contributed by atoms with van der Waals surface area (Å²) in [5.74, 6) is 0.00370. The van der Waals surface area contributed by atoms with Crippen molar-refractivity contribution in [1.82, 2.24) is 5.32 Å². The molecule has 0 radical (unpaired) electrons. The van der Waals surface area contributed by atoms with E-state index in [1.54, 1.807) is 0 Å². The Morgan fingerprint density at radius 1 is 1.07 bits per heavy atom. The van der Waals surface area contributed by atoms with Gasteiger partial charge in [-0.1, -0.05) is 62.4 Å². The van der Waals surface area contributed by atoms with Crippen molar-refractivity contribution >= 4 is 12.1 Å². The number of aliphatic carboxylic acids is 1. The summed E-state index contributed by atoms with van der Waals surface area (Å²) in [5, 5.41) is 12.2. The Hall–Kier alpha value is -2.82. The molecule has 5 heteroatoms. The monoisotopic (exact) mass is 393 g/mol. The minimum atomic E-state index is -0.897. The molecule has 1 saturated carbocycles. The molecule has 5 nitrogen and oxygen atoms in total. The molecule has 0 aliphatic heterocycles. The van der Waals surface area contributed by atoms with Crippen LogP contribution in [-0.4, -0.2) is 29.3 Å². The van der Waals surface area contributed by atoms with E-state index in [1.165, 1.54) is 11.1 Å². The molecule has 0 aromatic heterocycles. The van der Waals surface area contributed by atoms with Crippen LogP contribution >= 0.6 is 0 Å². The molecule has 0 bridgehead atoms. The van der Waals surface area contributed by atoms with E-state index < -0.39 is 17.6 Å². The number of amides is 1. The molecule has 1 fully saturated rings. The molecular formula is C24H27NO4. The fraction of sp³-hybridized carbons (Fsp3) is 0.417. The summed E-state index contributed by atoms with van der Waals surface area (Å²) in [6.07, 6.45) is 0.762. The molecule has 0 unspecified atom stereocenters. The second-order valence-corrected chi connectivity index (χ2v) is 8.71. The minimum absolute atomic E-state index is 0.00613. The maximum absolute atomic E-state index is 12.6. The van der Waals surface area contributed by atoms with Crippen molar-refractivity contribution in [3.05, 3.63) is 59.7 Å². The van der Waals surface area contributed by atoms with Gasteiger partial charge < -0.3 is 15.2 Å². The highest BCUT2D eigenvalue weighted by atomic mass is 16.5. The lowest BCUT2D eigenvalue weighted by molar-refractivity contribution is -0.140. The van der Waals surface area contributed by atoms with Gasteiger partial charge in [-0.3, -0.25) is 4.79 Å². The van der Waals surface area contributed by atoms with Crippen LogP contribution in [0, 0.1) is 11.8 Å². The second-order valence-electron chi connectivity index (χ2n) is 8.71. The summed E-state index contributed by atoms with van der Waals surface area (Å²) in [4.78, 5) is 23.9. The zero-order valence-electron chi connectivity index (χ0n) is 16.9. The van der Waals surface area contributed by atoms with E-state index >= 15 is 0 Å². The number of benzene rings is 2. The van der Waals surface area contributed by atoms with Gasteiger partial charge in [0, 0.05) is 5.92 Å². The molecule has 2 N–H and O–H groups in total. The molecule has 0 heterocycles. The van der Waals surface area contributed by atoms with Crippen LogP contribution in [0.1, 0.15) is 50.2 Å². The number of hydrogen-bond acceptors (Lipinski definition) is 3. The average molecular weight is 393 g/mol. The topological polar surface area (TPSA) is 75.6 Å². The molecule has 2 aliphatic rings. The molecule has 4 rings (SSSR count). The Morgan fingerprint density at radius 2 is 1.62 bits per heavy atom. The number of alkyl carbamates (subject to hydrolysis) is 1. The number of fused-ring (bicyclic) bond motifs is 3. The summed E-state index contributed by atoms with van der Waals surface area (Å²) in [7, 11) is 0. The summed E-state index contributed by atoms with van der Waals surface area (Å²) in [5.41, 5.74) is 3.98. The number of rotatable bonds is 6. The number of carboxylic acids is 1. The Labute approximate surface area is 171 Å². The lowest BCUT2D eigenvalue weighted by atomic mass is 9.62.